The second-order valence-corrected chi connectivity index (χ2v) is 7.47. The van der Waals surface area contributed by atoms with Gasteiger partial charge in [0.1, 0.15) is 0 Å². The molecule has 0 unspecified atom stereocenters. The van der Waals surface area contributed by atoms with Gasteiger partial charge in [-0.3, -0.25) is 14.9 Å². The van der Waals surface area contributed by atoms with Crippen molar-refractivity contribution in [1.82, 2.24) is 5.32 Å². The van der Waals surface area contributed by atoms with Crippen LogP contribution in [0.3, 0.4) is 0 Å². The highest BCUT2D eigenvalue weighted by Crippen LogP contribution is 2.65. The Balaban J connectivity index is 1.94. The quantitative estimate of drug-likeness (QED) is 0.584. The molecule has 22 heavy (non-hydrogen) atoms. The SMILES string of the molecule is O=C1NC(=O)[C@H]2C3c4ccccc4C(Br)(c4ccccc43)[C@H]12. The van der Waals surface area contributed by atoms with Crippen LogP contribution in [0, 0.1) is 11.8 Å². The molecule has 2 aromatic rings. The Morgan fingerprint density at radius 3 is 2.00 bits per heavy atom. The van der Waals surface area contributed by atoms with Crippen LogP contribution in [0.2, 0.25) is 0 Å². The van der Waals surface area contributed by atoms with Crippen molar-refractivity contribution < 1.29 is 9.59 Å². The molecule has 1 aliphatic heterocycles. The second kappa shape index (κ2) is 3.87. The van der Waals surface area contributed by atoms with Crippen molar-refractivity contribution in [3.8, 4) is 0 Å². The molecule has 4 aliphatic rings. The number of hydrogen-bond donors (Lipinski definition) is 1. The zero-order valence-corrected chi connectivity index (χ0v) is 13.1. The van der Waals surface area contributed by atoms with Crippen molar-refractivity contribution in [3.05, 3.63) is 70.8 Å². The Hall–Kier alpha value is -1.94. The minimum atomic E-state index is -0.615. The summed E-state index contributed by atoms with van der Waals surface area (Å²) < 4.78 is -0.615. The van der Waals surface area contributed by atoms with E-state index in [1.807, 2.05) is 24.3 Å². The van der Waals surface area contributed by atoms with Gasteiger partial charge in [-0.1, -0.05) is 64.5 Å². The molecule has 1 fully saturated rings. The highest BCUT2D eigenvalue weighted by Gasteiger charge is 2.65. The lowest BCUT2D eigenvalue weighted by Crippen LogP contribution is -2.50. The highest BCUT2D eigenvalue weighted by atomic mass is 79.9. The molecular weight excluding hydrogens is 342 g/mol. The van der Waals surface area contributed by atoms with E-state index >= 15 is 0 Å². The van der Waals surface area contributed by atoms with Crippen LogP contribution in [0.25, 0.3) is 0 Å². The van der Waals surface area contributed by atoms with Gasteiger partial charge in [-0.25, -0.2) is 0 Å². The molecule has 3 aliphatic carbocycles. The predicted molar refractivity (Wildman–Crippen MR) is 84.6 cm³/mol. The van der Waals surface area contributed by atoms with Crippen LogP contribution in [0.5, 0.6) is 0 Å². The van der Waals surface area contributed by atoms with Crippen LogP contribution >= 0.6 is 15.9 Å². The molecule has 108 valence electrons. The number of imide groups is 1. The summed E-state index contributed by atoms with van der Waals surface area (Å²) in [7, 11) is 0. The van der Waals surface area contributed by atoms with E-state index in [0.29, 0.717) is 0 Å². The number of alkyl halides is 1. The largest absolute Gasteiger partial charge is 0.296 e. The average Bonchev–Trinajstić information content (AvgIpc) is 2.84. The first-order chi connectivity index (χ1) is 10.6. The van der Waals surface area contributed by atoms with Gasteiger partial charge in [0.05, 0.1) is 16.2 Å². The first-order valence-corrected chi connectivity index (χ1v) is 8.15. The standard InChI is InChI=1S/C18H12BrNO2/c19-18-11-7-3-1-5-9(11)13(10-6-2-4-8-12(10)18)14-15(18)17(22)20-16(14)21/h1-8,13-15H,(H,20,21,22)/t13?,14-,15-,18?/m0/s1. The van der Waals surface area contributed by atoms with Crippen molar-refractivity contribution in [2.75, 3.05) is 0 Å². The maximum atomic E-state index is 12.5. The third kappa shape index (κ3) is 1.20. The van der Waals surface area contributed by atoms with Crippen LogP contribution in [-0.2, 0) is 13.9 Å². The van der Waals surface area contributed by atoms with E-state index in [4.69, 9.17) is 0 Å². The fourth-order valence-electron chi connectivity index (χ4n) is 4.60. The smallest absolute Gasteiger partial charge is 0.232 e. The summed E-state index contributed by atoms with van der Waals surface area (Å²) in [5, 5.41) is 2.55. The minimum absolute atomic E-state index is 0.0386. The number of benzene rings is 2. The van der Waals surface area contributed by atoms with E-state index in [1.165, 1.54) is 0 Å². The average molecular weight is 354 g/mol. The number of carbonyl (C=O) groups excluding carboxylic acids is 2. The summed E-state index contributed by atoms with van der Waals surface area (Å²) in [6, 6.07) is 16.3. The van der Waals surface area contributed by atoms with E-state index in [2.05, 4.69) is 45.5 Å². The third-order valence-corrected chi connectivity index (χ3v) is 6.70. The van der Waals surface area contributed by atoms with Crippen molar-refractivity contribution in [2.45, 2.75) is 10.2 Å². The molecule has 1 saturated heterocycles. The zero-order chi connectivity index (χ0) is 15.1. The summed E-state index contributed by atoms with van der Waals surface area (Å²) in [6.45, 7) is 0. The topological polar surface area (TPSA) is 46.2 Å². The van der Waals surface area contributed by atoms with Gasteiger partial charge in [0, 0.05) is 5.92 Å². The Morgan fingerprint density at radius 2 is 1.41 bits per heavy atom. The summed E-state index contributed by atoms with van der Waals surface area (Å²) in [6.07, 6.45) is 0. The normalized spacial score (nSPS) is 34.0. The highest BCUT2D eigenvalue weighted by molar-refractivity contribution is 9.09. The first-order valence-electron chi connectivity index (χ1n) is 7.36. The fraction of sp³-hybridized carbons (Fsp3) is 0.222. The molecule has 0 aromatic heterocycles. The maximum Gasteiger partial charge on any atom is 0.232 e. The molecule has 1 N–H and O–H groups in total. The monoisotopic (exact) mass is 353 g/mol. The van der Waals surface area contributed by atoms with Gasteiger partial charge < -0.3 is 0 Å². The van der Waals surface area contributed by atoms with Gasteiger partial charge >= 0.3 is 0 Å². The van der Waals surface area contributed by atoms with Gasteiger partial charge in [0.15, 0.2) is 0 Å². The van der Waals surface area contributed by atoms with Gasteiger partial charge in [0.2, 0.25) is 11.8 Å². The lowest BCUT2D eigenvalue weighted by Gasteiger charge is -2.51. The molecule has 4 heteroatoms. The molecule has 2 aromatic carbocycles. The van der Waals surface area contributed by atoms with E-state index in [1.54, 1.807) is 0 Å². The van der Waals surface area contributed by atoms with Gasteiger partial charge in [0.25, 0.3) is 0 Å². The summed E-state index contributed by atoms with van der Waals surface area (Å²) in [5.41, 5.74) is 4.54. The molecule has 6 rings (SSSR count). The molecule has 0 saturated carbocycles. The van der Waals surface area contributed by atoms with Crippen LogP contribution in [-0.4, -0.2) is 11.8 Å². The van der Waals surface area contributed by atoms with Crippen LogP contribution < -0.4 is 5.32 Å². The number of amides is 2. The van der Waals surface area contributed by atoms with Crippen molar-refractivity contribution >= 4 is 27.7 Å². The summed E-state index contributed by atoms with van der Waals surface area (Å²) >= 11 is 3.89. The Labute approximate surface area is 135 Å². The minimum Gasteiger partial charge on any atom is -0.296 e. The number of rotatable bonds is 0. The molecule has 0 radical (unpaired) electrons. The van der Waals surface area contributed by atoms with Crippen LogP contribution in [0.4, 0.5) is 0 Å². The first kappa shape index (κ1) is 12.6. The zero-order valence-electron chi connectivity index (χ0n) is 11.5. The molecule has 2 atom stereocenters. The number of nitrogens with one attached hydrogen (secondary N) is 1. The van der Waals surface area contributed by atoms with E-state index in [9.17, 15) is 9.59 Å². The summed E-state index contributed by atoms with van der Waals surface area (Å²) in [5.74, 6) is -1.05. The van der Waals surface area contributed by atoms with Crippen molar-refractivity contribution in [1.29, 1.82) is 0 Å². The Morgan fingerprint density at radius 1 is 0.864 bits per heavy atom. The number of carbonyl (C=O) groups is 2. The number of hydrogen-bond acceptors (Lipinski definition) is 2. The predicted octanol–water partition coefficient (Wildman–Crippen LogP) is 2.67. The fourth-order valence-corrected chi connectivity index (χ4v) is 5.82. The van der Waals surface area contributed by atoms with Crippen molar-refractivity contribution in [3.63, 3.8) is 0 Å². The Bertz CT molecular complexity index is 812. The van der Waals surface area contributed by atoms with Gasteiger partial charge in [-0.05, 0) is 22.3 Å². The number of halogens is 1. The van der Waals surface area contributed by atoms with E-state index < -0.39 is 4.32 Å². The summed E-state index contributed by atoms with van der Waals surface area (Å²) in [4.78, 5) is 24.9. The van der Waals surface area contributed by atoms with Gasteiger partial charge in [-0.15, -0.1) is 0 Å². The Kier molecular flexibility index (Phi) is 2.22. The molecule has 0 spiro atoms. The molecular formula is C18H12BrNO2. The molecule has 3 nitrogen and oxygen atoms in total. The van der Waals surface area contributed by atoms with Crippen molar-refractivity contribution in [2.24, 2.45) is 11.8 Å². The third-order valence-electron chi connectivity index (χ3n) is 5.35. The van der Waals surface area contributed by atoms with Crippen LogP contribution in [0.1, 0.15) is 28.2 Å². The second-order valence-electron chi connectivity index (χ2n) is 6.22. The maximum absolute atomic E-state index is 12.5. The van der Waals surface area contributed by atoms with E-state index in [0.717, 1.165) is 22.3 Å². The molecule has 2 amide bonds. The lowest BCUT2D eigenvalue weighted by atomic mass is 9.55. The van der Waals surface area contributed by atoms with Gasteiger partial charge in [-0.2, -0.15) is 0 Å². The molecule has 1 heterocycles. The molecule has 2 bridgehead atoms. The van der Waals surface area contributed by atoms with E-state index in [-0.39, 0.29) is 29.6 Å². The lowest BCUT2D eigenvalue weighted by molar-refractivity contribution is -0.126. The van der Waals surface area contributed by atoms with Crippen LogP contribution in [0.15, 0.2) is 48.5 Å².